The second-order valence-electron chi connectivity index (χ2n) is 5.76. The first-order valence-corrected chi connectivity index (χ1v) is 7.92. The molecule has 4 rings (SSSR count). The van der Waals surface area contributed by atoms with Crippen LogP contribution in [0.25, 0.3) is 21.9 Å². The molecule has 0 unspecified atom stereocenters. The summed E-state index contributed by atoms with van der Waals surface area (Å²) in [6, 6.07) is 15.9. The third kappa shape index (κ3) is 2.40. The van der Waals surface area contributed by atoms with Crippen molar-refractivity contribution in [3.8, 4) is 6.07 Å². The van der Waals surface area contributed by atoms with Crippen LogP contribution in [0, 0.1) is 11.3 Å². The molecule has 0 amide bonds. The number of fused-ring (bicyclic) bond motifs is 2. The van der Waals surface area contributed by atoms with E-state index in [1.807, 2.05) is 37.4 Å². The van der Waals surface area contributed by atoms with Crippen LogP contribution in [0.15, 0.2) is 48.7 Å². The number of benzene rings is 2. The Labute approximate surface area is 143 Å². The number of aryl methyl sites for hydroxylation is 1. The van der Waals surface area contributed by atoms with Crippen molar-refractivity contribution in [2.75, 3.05) is 0 Å². The molecule has 2 aromatic carbocycles. The average molecular weight is 333 g/mol. The van der Waals surface area contributed by atoms with E-state index < -0.39 is 0 Å². The van der Waals surface area contributed by atoms with Gasteiger partial charge in [-0.15, -0.1) is 0 Å². The molecule has 2 heterocycles. The number of nitriles is 1. The Bertz CT molecular complexity index is 1100. The second-order valence-corrected chi connectivity index (χ2v) is 6.14. The molecule has 0 fully saturated rings. The number of nitrogens with zero attached hydrogens (tertiary/aromatic N) is 4. The van der Waals surface area contributed by atoms with Gasteiger partial charge in [0.05, 0.1) is 28.4 Å². The summed E-state index contributed by atoms with van der Waals surface area (Å²) < 4.78 is 1.75. The highest BCUT2D eigenvalue weighted by Crippen LogP contribution is 2.31. The molecule has 5 heteroatoms. The molecule has 0 saturated heterocycles. The maximum atomic E-state index is 8.88. The Morgan fingerprint density at radius 1 is 1.08 bits per heavy atom. The van der Waals surface area contributed by atoms with Crippen LogP contribution >= 0.6 is 11.6 Å². The molecule has 4 nitrogen and oxygen atoms in total. The lowest BCUT2D eigenvalue weighted by atomic mass is 10.0. The summed E-state index contributed by atoms with van der Waals surface area (Å²) in [5, 5.41) is 14.7. The van der Waals surface area contributed by atoms with Gasteiger partial charge in [0, 0.05) is 12.4 Å². The molecule has 0 aliphatic carbocycles. The van der Waals surface area contributed by atoms with Gasteiger partial charge in [-0.2, -0.15) is 10.4 Å². The minimum absolute atomic E-state index is 0.670. The summed E-state index contributed by atoms with van der Waals surface area (Å²) >= 11 is 6.60. The fraction of sp³-hybridized carbons (Fsp3) is 0.105. The van der Waals surface area contributed by atoms with Crippen LogP contribution in [-0.2, 0) is 13.5 Å². The molecule has 0 aliphatic rings. The smallest absolute Gasteiger partial charge is 0.111 e. The number of pyridine rings is 1. The van der Waals surface area contributed by atoms with Crippen molar-refractivity contribution in [3.63, 3.8) is 0 Å². The lowest BCUT2D eigenvalue weighted by Crippen LogP contribution is -1.93. The van der Waals surface area contributed by atoms with Crippen molar-refractivity contribution in [3.05, 3.63) is 70.4 Å². The third-order valence-electron chi connectivity index (χ3n) is 4.16. The summed E-state index contributed by atoms with van der Waals surface area (Å²) in [5.74, 6) is 0. The molecule has 2 aromatic heterocycles. The van der Waals surface area contributed by atoms with E-state index >= 15 is 0 Å². The van der Waals surface area contributed by atoms with E-state index in [1.54, 1.807) is 10.9 Å². The van der Waals surface area contributed by atoms with Crippen LogP contribution in [-0.4, -0.2) is 14.8 Å². The molecule has 0 bridgehead atoms. The van der Waals surface area contributed by atoms with Crippen LogP contribution in [0.4, 0.5) is 0 Å². The lowest BCUT2D eigenvalue weighted by molar-refractivity contribution is 0.797. The maximum Gasteiger partial charge on any atom is 0.111 e. The van der Waals surface area contributed by atoms with Gasteiger partial charge in [0.25, 0.3) is 0 Å². The second kappa shape index (κ2) is 5.63. The highest BCUT2D eigenvalue weighted by atomic mass is 35.5. The zero-order valence-electron chi connectivity index (χ0n) is 13.0. The van der Waals surface area contributed by atoms with E-state index in [0.717, 1.165) is 39.5 Å². The van der Waals surface area contributed by atoms with Gasteiger partial charge in [-0.05, 0) is 41.8 Å². The van der Waals surface area contributed by atoms with Crippen LogP contribution < -0.4 is 0 Å². The van der Waals surface area contributed by atoms with E-state index in [0.29, 0.717) is 10.6 Å². The fourth-order valence-corrected chi connectivity index (χ4v) is 3.29. The van der Waals surface area contributed by atoms with Crippen LogP contribution in [0.5, 0.6) is 0 Å². The molecule has 0 spiro atoms. The van der Waals surface area contributed by atoms with Gasteiger partial charge in [0.2, 0.25) is 0 Å². The Kier molecular flexibility index (Phi) is 3.44. The molecule has 0 saturated carbocycles. The molecule has 4 aromatic rings. The lowest BCUT2D eigenvalue weighted by Gasteiger charge is -2.07. The highest BCUT2D eigenvalue weighted by molar-refractivity contribution is 6.39. The number of rotatable bonds is 2. The molecular weight excluding hydrogens is 320 g/mol. The largest absolute Gasteiger partial charge is 0.265 e. The average Bonchev–Trinajstić information content (AvgIpc) is 2.97. The zero-order valence-corrected chi connectivity index (χ0v) is 13.7. The Morgan fingerprint density at radius 2 is 1.83 bits per heavy atom. The Balaban J connectivity index is 1.79. The number of halogens is 1. The molecule has 0 radical (unpaired) electrons. The van der Waals surface area contributed by atoms with Gasteiger partial charge in [-0.3, -0.25) is 4.68 Å². The van der Waals surface area contributed by atoms with Gasteiger partial charge >= 0.3 is 0 Å². The van der Waals surface area contributed by atoms with Gasteiger partial charge in [-0.25, -0.2) is 4.98 Å². The van der Waals surface area contributed by atoms with E-state index in [9.17, 15) is 0 Å². The number of aromatic nitrogens is 3. The van der Waals surface area contributed by atoms with Gasteiger partial charge in [0.1, 0.15) is 11.0 Å². The monoisotopic (exact) mass is 332 g/mol. The standard InChI is InChI=1S/C19H13ClN4/c1-24-19-17(11-22-24)23-16-7-6-14(9-15(16)18(19)20)8-12-2-4-13(10-21)5-3-12/h2-7,9,11H,8H2,1H3. The summed E-state index contributed by atoms with van der Waals surface area (Å²) in [4.78, 5) is 4.63. The maximum absolute atomic E-state index is 8.88. The predicted molar refractivity (Wildman–Crippen MR) is 95.0 cm³/mol. The fourth-order valence-electron chi connectivity index (χ4n) is 2.92. The predicted octanol–water partition coefficient (Wildman–Crippen LogP) is 4.24. The van der Waals surface area contributed by atoms with Crippen molar-refractivity contribution in [1.82, 2.24) is 14.8 Å². The first-order valence-electron chi connectivity index (χ1n) is 7.54. The van der Waals surface area contributed by atoms with E-state index in [1.165, 1.54) is 0 Å². The number of hydrogen-bond donors (Lipinski definition) is 0. The summed E-state index contributed by atoms with van der Waals surface area (Å²) in [6.45, 7) is 0. The van der Waals surface area contributed by atoms with Crippen LogP contribution in [0.2, 0.25) is 5.02 Å². The highest BCUT2D eigenvalue weighted by Gasteiger charge is 2.11. The molecule has 0 N–H and O–H groups in total. The molecule has 0 aliphatic heterocycles. The Morgan fingerprint density at radius 3 is 2.58 bits per heavy atom. The van der Waals surface area contributed by atoms with E-state index in [-0.39, 0.29) is 0 Å². The molecule has 0 atom stereocenters. The molecule has 24 heavy (non-hydrogen) atoms. The van der Waals surface area contributed by atoms with Crippen molar-refractivity contribution in [1.29, 1.82) is 5.26 Å². The first-order chi connectivity index (χ1) is 11.7. The van der Waals surface area contributed by atoms with E-state index in [2.05, 4.69) is 28.3 Å². The van der Waals surface area contributed by atoms with Crippen molar-refractivity contribution < 1.29 is 0 Å². The van der Waals surface area contributed by atoms with Gasteiger partial charge in [0.15, 0.2) is 0 Å². The summed E-state index contributed by atoms with van der Waals surface area (Å²) in [7, 11) is 1.86. The van der Waals surface area contributed by atoms with Crippen molar-refractivity contribution >= 4 is 33.5 Å². The first kappa shape index (κ1) is 14.7. The van der Waals surface area contributed by atoms with Crippen LogP contribution in [0.3, 0.4) is 0 Å². The normalized spacial score (nSPS) is 11.0. The Hall–Kier alpha value is -2.90. The quantitative estimate of drug-likeness (QED) is 0.551. The van der Waals surface area contributed by atoms with Crippen molar-refractivity contribution in [2.24, 2.45) is 7.05 Å². The summed E-state index contributed by atoms with van der Waals surface area (Å²) in [5.41, 5.74) is 5.48. The number of hydrogen-bond acceptors (Lipinski definition) is 3. The SMILES string of the molecule is Cn1ncc2nc3ccc(Cc4ccc(C#N)cc4)cc3c(Cl)c21. The van der Waals surface area contributed by atoms with Crippen molar-refractivity contribution in [2.45, 2.75) is 6.42 Å². The minimum atomic E-state index is 0.670. The van der Waals surface area contributed by atoms with Gasteiger partial charge in [-0.1, -0.05) is 29.8 Å². The minimum Gasteiger partial charge on any atom is -0.265 e. The van der Waals surface area contributed by atoms with Crippen LogP contribution in [0.1, 0.15) is 16.7 Å². The van der Waals surface area contributed by atoms with Gasteiger partial charge < -0.3 is 0 Å². The van der Waals surface area contributed by atoms with E-state index in [4.69, 9.17) is 16.9 Å². The topological polar surface area (TPSA) is 54.5 Å². The molecule has 116 valence electrons. The molecular formula is C19H13ClN4. The summed E-state index contributed by atoms with van der Waals surface area (Å²) in [6.07, 6.45) is 2.51. The zero-order chi connectivity index (χ0) is 16.7. The third-order valence-corrected chi connectivity index (χ3v) is 4.54.